The molecule has 0 atom stereocenters. The molecule has 2 aromatic rings. The number of nitro groups is 1. The molecule has 0 N–H and O–H groups in total. The predicted octanol–water partition coefficient (Wildman–Crippen LogP) is 3.19. The van der Waals surface area contributed by atoms with Gasteiger partial charge in [-0.15, -0.1) is 0 Å². The molecule has 0 aliphatic rings. The molecule has 23 heavy (non-hydrogen) atoms. The Morgan fingerprint density at radius 1 is 1.48 bits per heavy atom. The summed E-state index contributed by atoms with van der Waals surface area (Å²) in [5, 5.41) is 14.9. The van der Waals surface area contributed by atoms with Gasteiger partial charge in [-0.05, 0) is 18.1 Å². The van der Waals surface area contributed by atoms with Crippen molar-refractivity contribution in [3.63, 3.8) is 0 Å². The first kappa shape index (κ1) is 16.9. The van der Waals surface area contributed by atoms with Crippen molar-refractivity contribution in [1.29, 1.82) is 0 Å². The Morgan fingerprint density at radius 3 is 2.87 bits per heavy atom. The normalized spacial score (nSPS) is 10.8. The average Bonchev–Trinajstić information content (AvgIpc) is 2.91. The van der Waals surface area contributed by atoms with Gasteiger partial charge >= 0.3 is 5.97 Å². The van der Waals surface area contributed by atoms with Gasteiger partial charge in [0.15, 0.2) is 12.4 Å². The molecule has 0 aliphatic heterocycles. The Bertz CT molecular complexity index is 729. The van der Waals surface area contributed by atoms with E-state index in [0.717, 1.165) is 6.07 Å². The lowest BCUT2D eigenvalue weighted by Gasteiger charge is -2.03. The van der Waals surface area contributed by atoms with Crippen molar-refractivity contribution in [2.45, 2.75) is 26.9 Å². The third-order valence-electron chi connectivity index (χ3n) is 2.80. The van der Waals surface area contributed by atoms with Gasteiger partial charge in [0.2, 0.25) is 0 Å². The highest BCUT2D eigenvalue weighted by molar-refractivity contribution is 6.31. The molecule has 0 unspecified atom stereocenters. The third kappa shape index (κ3) is 4.49. The molecule has 0 fully saturated rings. The number of aromatic nitrogens is 2. The molecule has 0 aliphatic carbocycles. The Labute approximate surface area is 136 Å². The number of halogens is 1. The van der Waals surface area contributed by atoms with E-state index in [1.54, 1.807) is 0 Å². The van der Waals surface area contributed by atoms with E-state index in [2.05, 4.69) is 10.1 Å². The van der Waals surface area contributed by atoms with Gasteiger partial charge in [0, 0.05) is 17.5 Å². The summed E-state index contributed by atoms with van der Waals surface area (Å²) < 4.78 is 9.93. The van der Waals surface area contributed by atoms with Crippen molar-refractivity contribution in [2.75, 3.05) is 0 Å². The van der Waals surface area contributed by atoms with Gasteiger partial charge in [0.25, 0.3) is 11.6 Å². The van der Waals surface area contributed by atoms with Crippen molar-refractivity contribution < 1.29 is 19.0 Å². The topological polar surface area (TPSA) is 108 Å². The number of carbonyl (C=O) groups is 1. The standard InChI is InChI=1S/C14H14ClN3O5/c1-8(2)5-12-16-13(23-17-12)7-22-14(19)10-6-9(15)3-4-11(10)18(20)21/h3-4,6,8H,5,7H2,1-2H3. The van der Waals surface area contributed by atoms with Gasteiger partial charge in [0.1, 0.15) is 5.56 Å². The Hall–Kier alpha value is -2.48. The van der Waals surface area contributed by atoms with E-state index in [1.165, 1.54) is 12.1 Å². The zero-order chi connectivity index (χ0) is 17.0. The summed E-state index contributed by atoms with van der Waals surface area (Å²) in [5.74, 6) is 0.110. The van der Waals surface area contributed by atoms with Crippen LogP contribution in [0.25, 0.3) is 0 Å². The molecular formula is C14H14ClN3O5. The minimum Gasteiger partial charge on any atom is -0.452 e. The van der Waals surface area contributed by atoms with E-state index < -0.39 is 10.9 Å². The molecule has 0 radical (unpaired) electrons. The quantitative estimate of drug-likeness (QED) is 0.451. The van der Waals surface area contributed by atoms with Crippen molar-refractivity contribution >= 4 is 23.3 Å². The number of nitro benzene ring substituents is 1. The fraction of sp³-hybridized carbons (Fsp3) is 0.357. The molecule has 0 bridgehead atoms. The van der Waals surface area contributed by atoms with Crippen LogP contribution >= 0.6 is 11.6 Å². The molecule has 0 amide bonds. The smallest absolute Gasteiger partial charge is 0.345 e. The molecule has 0 spiro atoms. The summed E-state index contributed by atoms with van der Waals surface area (Å²) in [6.45, 7) is 3.75. The maximum atomic E-state index is 12.0. The van der Waals surface area contributed by atoms with Crippen LogP contribution in [0.4, 0.5) is 5.69 Å². The lowest BCUT2D eigenvalue weighted by Crippen LogP contribution is -2.08. The van der Waals surface area contributed by atoms with E-state index in [1.807, 2.05) is 13.8 Å². The second kappa shape index (κ2) is 7.19. The summed E-state index contributed by atoms with van der Waals surface area (Å²) in [6, 6.07) is 3.65. The van der Waals surface area contributed by atoms with E-state index in [-0.39, 0.29) is 28.8 Å². The lowest BCUT2D eigenvalue weighted by molar-refractivity contribution is -0.385. The fourth-order valence-electron chi connectivity index (χ4n) is 1.83. The number of carbonyl (C=O) groups excluding carboxylic acids is 1. The molecule has 122 valence electrons. The van der Waals surface area contributed by atoms with Crippen LogP contribution in [0.5, 0.6) is 0 Å². The van der Waals surface area contributed by atoms with Gasteiger partial charge in [0.05, 0.1) is 4.92 Å². The number of hydrogen-bond donors (Lipinski definition) is 0. The van der Waals surface area contributed by atoms with Crippen molar-refractivity contribution in [1.82, 2.24) is 10.1 Å². The Morgan fingerprint density at radius 2 is 2.22 bits per heavy atom. The van der Waals surface area contributed by atoms with Crippen LogP contribution in [0.2, 0.25) is 5.02 Å². The number of benzene rings is 1. The maximum absolute atomic E-state index is 12.0. The number of nitrogens with zero attached hydrogens (tertiary/aromatic N) is 3. The van der Waals surface area contributed by atoms with Gasteiger partial charge in [-0.1, -0.05) is 30.6 Å². The molecule has 1 heterocycles. The second-order valence-corrected chi connectivity index (χ2v) is 5.63. The molecule has 2 rings (SSSR count). The van der Waals surface area contributed by atoms with Crippen LogP contribution in [-0.4, -0.2) is 21.0 Å². The van der Waals surface area contributed by atoms with Crippen molar-refractivity contribution in [3.05, 3.63) is 50.6 Å². The summed E-state index contributed by atoms with van der Waals surface area (Å²) >= 11 is 5.76. The summed E-state index contributed by atoms with van der Waals surface area (Å²) in [6.07, 6.45) is 0.636. The predicted molar refractivity (Wildman–Crippen MR) is 80.1 cm³/mol. The van der Waals surface area contributed by atoms with E-state index >= 15 is 0 Å². The SMILES string of the molecule is CC(C)Cc1noc(COC(=O)c2cc(Cl)ccc2[N+](=O)[O-])n1. The highest BCUT2D eigenvalue weighted by Gasteiger charge is 2.22. The Kier molecular flexibility index (Phi) is 5.28. The molecule has 8 nitrogen and oxygen atoms in total. The lowest BCUT2D eigenvalue weighted by atomic mass is 10.1. The van der Waals surface area contributed by atoms with Crippen LogP contribution in [0.3, 0.4) is 0 Å². The van der Waals surface area contributed by atoms with Gasteiger partial charge in [-0.3, -0.25) is 10.1 Å². The van der Waals surface area contributed by atoms with Crippen molar-refractivity contribution in [2.24, 2.45) is 5.92 Å². The highest BCUT2D eigenvalue weighted by atomic mass is 35.5. The van der Waals surface area contributed by atoms with E-state index in [9.17, 15) is 14.9 Å². The van der Waals surface area contributed by atoms with Crippen molar-refractivity contribution in [3.8, 4) is 0 Å². The maximum Gasteiger partial charge on any atom is 0.345 e. The first-order valence-electron chi connectivity index (χ1n) is 6.79. The first-order valence-corrected chi connectivity index (χ1v) is 7.17. The van der Waals surface area contributed by atoms with Crippen LogP contribution in [0.15, 0.2) is 22.7 Å². The second-order valence-electron chi connectivity index (χ2n) is 5.20. The number of hydrogen-bond acceptors (Lipinski definition) is 7. The highest BCUT2D eigenvalue weighted by Crippen LogP contribution is 2.23. The Balaban J connectivity index is 2.06. The number of rotatable bonds is 6. The van der Waals surface area contributed by atoms with E-state index in [4.69, 9.17) is 20.9 Å². The molecule has 0 saturated heterocycles. The van der Waals surface area contributed by atoms with Gasteiger partial charge in [-0.25, -0.2) is 4.79 Å². The zero-order valence-corrected chi connectivity index (χ0v) is 13.2. The summed E-state index contributed by atoms with van der Waals surface area (Å²) in [7, 11) is 0. The molecule has 1 aromatic heterocycles. The van der Waals surface area contributed by atoms with Gasteiger partial charge in [-0.2, -0.15) is 4.98 Å². The molecular weight excluding hydrogens is 326 g/mol. The minimum atomic E-state index is -0.886. The number of ether oxygens (including phenoxy) is 1. The molecule has 9 heteroatoms. The molecule has 1 aromatic carbocycles. The average molecular weight is 340 g/mol. The van der Waals surface area contributed by atoms with Crippen LogP contribution < -0.4 is 0 Å². The number of esters is 1. The largest absolute Gasteiger partial charge is 0.452 e. The van der Waals surface area contributed by atoms with Crippen LogP contribution in [0.1, 0.15) is 35.9 Å². The summed E-state index contributed by atoms with van der Waals surface area (Å²) in [4.78, 5) is 26.3. The van der Waals surface area contributed by atoms with Gasteiger partial charge < -0.3 is 9.26 Å². The van der Waals surface area contributed by atoms with Crippen LogP contribution in [0, 0.1) is 16.0 Å². The fourth-order valence-corrected chi connectivity index (χ4v) is 2.00. The first-order chi connectivity index (χ1) is 10.9. The van der Waals surface area contributed by atoms with Crippen LogP contribution in [-0.2, 0) is 17.8 Å². The van der Waals surface area contributed by atoms with E-state index in [0.29, 0.717) is 18.2 Å². The monoisotopic (exact) mass is 339 g/mol. The zero-order valence-electron chi connectivity index (χ0n) is 12.5. The summed E-state index contributed by atoms with van der Waals surface area (Å²) in [5.41, 5.74) is -0.616. The minimum absolute atomic E-state index is 0.124. The molecule has 0 saturated carbocycles. The third-order valence-corrected chi connectivity index (χ3v) is 3.04.